The second-order valence-corrected chi connectivity index (χ2v) is 8.73. The van der Waals surface area contributed by atoms with Gasteiger partial charge in [0, 0.05) is 25.2 Å². The first-order valence-corrected chi connectivity index (χ1v) is 11.1. The molecule has 0 saturated heterocycles. The third-order valence-electron chi connectivity index (χ3n) is 4.13. The Morgan fingerprint density at radius 3 is 2.31 bits per heavy atom. The van der Waals surface area contributed by atoms with Crippen LogP contribution < -0.4 is 15.4 Å². The summed E-state index contributed by atoms with van der Waals surface area (Å²) in [7, 11) is -2.17. The lowest BCUT2D eigenvalue weighted by Gasteiger charge is -2.20. The number of benzene rings is 2. The number of likely N-dealkylation sites (N-methyl/N-ethyl adjacent to an activating group) is 1. The lowest BCUT2D eigenvalue weighted by molar-refractivity contribution is -0.118. The highest BCUT2D eigenvalue weighted by molar-refractivity contribution is 7.89. The molecule has 2 N–H and O–H groups in total. The van der Waals surface area contributed by atoms with Crippen LogP contribution in [0.4, 0.5) is 5.69 Å². The number of amides is 1. The molecule has 29 heavy (non-hydrogen) atoms. The van der Waals surface area contributed by atoms with Crippen LogP contribution in [0.15, 0.2) is 41.3 Å². The fourth-order valence-electron chi connectivity index (χ4n) is 2.55. The molecule has 0 radical (unpaired) electrons. The normalized spacial score (nSPS) is 11.4. The first-order chi connectivity index (χ1) is 13.7. The Balaban J connectivity index is 2.45. The van der Waals surface area contributed by atoms with E-state index in [9.17, 15) is 13.2 Å². The second kappa shape index (κ2) is 10.2. The van der Waals surface area contributed by atoms with Crippen molar-refractivity contribution < 1.29 is 17.9 Å². The van der Waals surface area contributed by atoms with Crippen molar-refractivity contribution in [3.8, 4) is 11.5 Å². The topological polar surface area (TPSA) is 87.7 Å². The molecule has 2 rings (SSSR count). The van der Waals surface area contributed by atoms with Crippen molar-refractivity contribution in [2.75, 3.05) is 32.0 Å². The Labute approximate surface area is 181 Å². The number of hydrogen-bond acceptors (Lipinski definition) is 5. The smallest absolute Gasteiger partial charge is 0.243 e. The summed E-state index contributed by atoms with van der Waals surface area (Å²) in [6.07, 6.45) is 0. The number of anilines is 1. The number of nitrogens with zero attached hydrogens (tertiary/aromatic N) is 1. The summed E-state index contributed by atoms with van der Waals surface area (Å²) in [5, 5.41) is 6.17. The molecule has 0 heterocycles. The molecule has 0 bridgehead atoms. The van der Waals surface area contributed by atoms with Gasteiger partial charge in [0.25, 0.3) is 0 Å². The molecule has 0 fully saturated rings. The summed E-state index contributed by atoms with van der Waals surface area (Å²) in [4.78, 5) is 11.7. The van der Waals surface area contributed by atoms with Gasteiger partial charge in [-0.3, -0.25) is 4.79 Å². The minimum absolute atomic E-state index is 0.0595. The molecule has 0 aromatic heterocycles. The first-order valence-electron chi connectivity index (χ1n) is 8.94. The van der Waals surface area contributed by atoms with E-state index in [1.54, 1.807) is 26.0 Å². The van der Waals surface area contributed by atoms with Crippen LogP contribution in [-0.4, -0.2) is 45.3 Å². The first kappa shape index (κ1) is 23.3. The van der Waals surface area contributed by atoms with Crippen LogP contribution in [-0.2, 0) is 14.8 Å². The molecular formula is C19H23Cl2N3O4S. The van der Waals surface area contributed by atoms with Crippen LogP contribution in [0.1, 0.15) is 13.8 Å². The van der Waals surface area contributed by atoms with Gasteiger partial charge in [-0.2, -0.15) is 4.31 Å². The van der Waals surface area contributed by atoms with Gasteiger partial charge in [0.2, 0.25) is 15.9 Å². The van der Waals surface area contributed by atoms with Gasteiger partial charge in [-0.05, 0) is 36.4 Å². The van der Waals surface area contributed by atoms with Crippen molar-refractivity contribution in [1.29, 1.82) is 0 Å². The third kappa shape index (κ3) is 5.76. The van der Waals surface area contributed by atoms with Gasteiger partial charge in [0.05, 0.1) is 22.2 Å². The van der Waals surface area contributed by atoms with Crippen molar-refractivity contribution in [3.05, 3.63) is 46.4 Å². The molecule has 0 aliphatic heterocycles. The number of sulfonamides is 1. The fourth-order valence-corrected chi connectivity index (χ4v) is 4.48. The number of nitrogens with one attached hydrogen (secondary N) is 2. The molecule has 2 aromatic carbocycles. The second-order valence-electron chi connectivity index (χ2n) is 5.95. The zero-order valence-corrected chi connectivity index (χ0v) is 18.7. The van der Waals surface area contributed by atoms with Crippen molar-refractivity contribution in [2.24, 2.45) is 0 Å². The van der Waals surface area contributed by atoms with E-state index in [-0.39, 0.29) is 17.3 Å². The Bertz CT molecular complexity index is 979. The highest BCUT2D eigenvalue weighted by Crippen LogP contribution is 2.36. The molecule has 1 amide bonds. The maximum absolute atomic E-state index is 12.8. The van der Waals surface area contributed by atoms with E-state index in [0.717, 1.165) is 0 Å². The number of carbonyl (C=O) groups is 1. The van der Waals surface area contributed by atoms with E-state index in [0.29, 0.717) is 40.3 Å². The van der Waals surface area contributed by atoms with Gasteiger partial charge < -0.3 is 15.4 Å². The zero-order valence-electron chi connectivity index (χ0n) is 16.3. The molecule has 0 aliphatic carbocycles. The maximum atomic E-state index is 12.8. The molecule has 0 unspecified atom stereocenters. The highest BCUT2D eigenvalue weighted by atomic mass is 35.5. The molecule has 10 heteroatoms. The Hall–Kier alpha value is -2.00. The van der Waals surface area contributed by atoms with Crippen LogP contribution in [0.2, 0.25) is 10.0 Å². The van der Waals surface area contributed by atoms with E-state index >= 15 is 0 Å². The molecule has 2 aromatic rings. The monoisotopic (exact) mass is 459 g/mol. The van der Waals surface area contributed by atoms with Gasteiger partial charge in [-0.15, -0.1) is 0 Å². The highest BCUT2D eigenvalue weighted by Gasteiger charge is 2.23. The van der Waals surface area contributed by atoms with Gasteiger partial charge in [-0.1, -0.05) is 37.0 Å². The van der Waals surface area contributed by atoms with Crippen molar-refractivity contribution >= 4 is 44.8 Å². The fraction of sp³-hybridized carbons (Fsp3) is 0.316. The van der Waals surface area contributed by atoms with Gasteiger partial charge >= 0.3 is 0 Å². The van der Waals surface area contributed by atoms with Crippen LogP contribution in [0.25, 0.3) is 0 Å². The molecule has 158 valence electrons. The van der Waals surface area contributed by atoms with Crippen LogP contribution in [0, 0.1) is 0 Å². The molecule has 0 saturated carbocycles. The average Bonchev–Trinajstić information content (AvgIpc) is 2.69. The molecule has 0 atom stereocenters. The van der Waals surface area contributed by atoms with Gasteiger partial charge in [0.1, 0.15) is 5.75 Å². The van der Waals surface area contributed by atoms with Crippen LogP contribution >= 0.6 is 23.2 Å². The van der Waals surface area contributed by atoms with Crippen molar-refractivity contribution in [2.45, 2.75) is 18.7 Å². The number of rotatable bonds is 9. The zero-order chi connectivity index (χ0) is 21.6. The van der Waals surface area contributed by atoms with Gasteiger partial charge in [-0.25, -0.2) is 8.42 Å². The van der Waals surface area contributed by atoms with E-state index in [2.05, 4.69) is 10.6 Å². The minimum Gasteiger partial charge on any atom is -0.454 e. The summed E-state index contributed by atoms with van der Waals surface area (Å²) >= 11 is 12.1. The Morgan fingerprint density at radius 2 is 1.72 bits per heavy atom. The lowest BCUT2D eigenvalue weighted by atomic mass is 10.2. The minimum atomic E-state index is -3.68. The predicted octanol–water partition coefficient (Wildman–Crippen LogP) is 3.97. The third-order valence-corrected chi connectivity index (χ3v) is 6.70. The largest absolute Gasteiger partial charge is 0.454 e. The van der Waals surface area contributed by atoms with Crippen LogP contribution in [0.5, 0.6) is 11.5 Å². The number of halogens is 2. The van der Waals surface area contributed by atoms with E-state index in [1.807, 2.05) is 0 Å². The van der Waals surface area contributed by atoms with E-state index < -0.39 is 10.0 Å². The van der Waals surface area contributed by atoms with Crippen molar-refractivity contribution in [1.82, 2.24) is 9.62 Å². The SMILES string of the molecule is CCN(CC)S(=O)(=O)c1ccc(Oc2ccc(Cl)cc2Cl)c(NCC(=O)NC)c1. The number of hydrogen-bond donors (Lipinski definition) is 2. The summed E-state index contributed by atoms with van der Waals surface area (Å²) in [5.74, 6) is 0.396. The summed E-state index contributed by atoms with van der Waals surface area (Å²) < 4.78 is 32.9. The lowest BCUT2D eigenvalue weighted by Crippen LogP contribution is -2.30. The van der Waals surface area contributed by atoms with Crippen LogP contribution in [0.3, 0.4) is 0 Å². The number of carbonyl (C=O) groups excluding carboxylic acids is 1. The van der Waals surface area contributed by atoms with E-state index in [1.165, 1.54) is 35.6 Å². The summed E-state index contributed by atoms with van der Waals surface area (Å²) in [5.41, 5.74) is 0.341. The quantitative estimate of drug-likeness (QED) is 0.591. The Morgan fingerprint density at radius 1 is 1.07 bits per heavy atom. The molecule has 7 nitrogen and oxygen atoms in total. The maximum Gasteiger partial charge on any atom is 0.243 e. The molecular weight excluding hydrogens is 437 g/mol. The summed E-state index contributed by atoms with van der Waals surface area (Å²) in [6.45, 7) is 4.17. The standard InChI is InChI=1S/C19H23Cl2N3O4S/c1-4-24(5-2)29(26,27)14-7-9-18(16(11-14)23-12-19(25)22-3)28-17-8-6-13(20)10-15(17)21/h6-11,23H,4-5,12H2,1-3H3,(H,22,25). The number of ether oxygens (including phenoxy) is 1. The molecule has 0 spiro atoms. The van der Waals surface area contributed by atoms with Crippen molar-refractivity contribution in [3.63, 3.8) is 0 Å². The average molecular weight is 460 g/mol. The Kier molecular flexibility index (Phi) is 8.15. The molecule has 0 aliphatic rings. The predicted molar refractivity (Wildman–Crippen MR) is 116 cm³/mol. The van der Waals surface area contributed by atoms with Gasteiger partial charge in [0.15, 0.2) is 5.75 Å². The van der Waals surface area contributed by atoms with E-state index in [4.69, 9.17) is 27.9 Å². The summed E-state index contributed by atoms with van der Waals surface area (Å²) in [6, 6.07) is 9.18.